The number of benzene rings is 1. The van der Waals surface area contributed by atoms with Gasteiger partial charge in [-0.15, -0.1) is 0 Å². The van der Waals surface area contributed by atoms with Gasteiger partial charge in [0.15, 0.2) is 0 Å². The molecular weight excluding hydrogens is 212 g/mol. The van der Waals surface area contributed by atoms with Gasteiger partial charge in [-0.25, -0.2) is 0 Å². The van der Waals surface area contributed by atoms with E-state index in [1.54, 1.807) is 6.07 Å². The highest BCUT2D eigenvalue weighted by Crippen LogP contribution is 2.23. The fourth-order valence-corrected chi connectivity index (χ4v) is 1.51. The van der Waals surface area contributed by atoms with E-state index in [1.165, 1.54) is 36.9 Å². The molecule has 1 aromatic rings. The van der Waals surface area contributed by atoms with Crippen molar-refractivity contribution >= 4 is 11.4 Å². The topological polar surface area (TPSA) is 86.8 Å². The molecule has 2 N–H and O–H groups in total. The Labute approximate surface area is 92.9 Å². The van der Waals surface area contributed by atoms with E-state index >= 15 is 0 Å². The Hall–Kier alpha value is -1.66. The lowest BCUT2D eigenvalue weighted by Crippen LogP contribution is -2.40. The maximum absolute atomic E-state index is 10.6. The van der Waals surface area contributed by atoms with Crippen LogP contribution < -0.4 is 4.90 Å². The van der Waals surface area contributed by atoms with Crippen molar-refractivity contribution in [3.05, 3.63) is 34.4 Å². The predicted octanol–water partition coefficient (Wildman–Crippen LogP) is 1.08. The smallest absolute Gasteiger partial charge is 0.271 e. The lowest BCUT2D eigenvalue weighted by Gasteiger charge is -2.30. The molecule has 2 unspecified atom stereocenters. The minimum absolute atomic E-state index is 0.0798. The van der Waals surface area contributed by atoms with Gasteiger partial charge in [0, 0.05) is 17.8 Å². The maximum Gasteiger partial charge on any atom is 0.271 e. The van der Waals surface area contributed by atoms with E-state index in [0.29, 0.717) is 5.69 Å². The second-order valence-electron chi connectivity index (χ2n) is 3.45. The van der Waals surface area contributed by atoms with Crippen LogP contribution in [0, 0.1) is 10.1 Å². The number of aliphatic hydroxyl groups is 2. The quantitative estimate of drug-likeness (QED) is 0.455. The highest BCUT2D eigenvalue weighted by atomic mass is 16.6. The fourth-order valence-electron chi connectivity index (χ4n) is 1.51. The summed E-state index contributed by atoms with van der Waals surface area (Å²) in [6.45, 7) is 2.96. The average molecular weight is 226 g/mol. The number of nitrogens with zero attached hydrogens (tertiary/aromatic N) is 2. The highest BCUT2D eigenvalue weighted by molar-refractivity contribution is 5.53. The van der Waals surface area contributed by atoms with Crippen molar-refractivity contribution in [2.24, 2.45) is 0 Å². The van der Waals surface area contributed by atoms with Gasteiger partial charge in [-0.05, 0) is 19.9 Å². The van der Waals surface area contributed by atoms with Gasteiger partial charge in [0.25, 0.3) is 5.69 Å². The second-order valence-corrected chi connectivity index (χ2v) is 3.45. The molecule has 16 heavy (non-hydrogen) atoms. The van der Waals surface area contributed by atoms with E-state index in [0.717, 1.165) is 0 Å². The monoisotopic (exact) mass is 226 g/mol. The summed E-state index contributed by atoms with van der Waals surface area (Å²) in [6, 6.07) is 5.75. The summed E-state index contributed by atoms with van der Waals surface area (Å²) in [5.41, 5.74) is 0.322. The van der Waals surface area contributed by atoms with Crippen LogP contribution in [0.4, 0.5) is 11.4 Å². The molecule has 0 bridgehead atoms. The first-order valence-corrected chi connectivity index (χ1v) is 4.82. The number of anilines is 1. The van der Waals surface area contributed by atoms with Crippen LogP contribution in [-0.4, -0.2) is 27.6 Å². The van der Waals surface area contributed by atoms with Crippen molar-refractivity contribution < 1.29 is 15.1 Å². The molecule has 0 aromatic heterocycles. The van der Waals surface area contributed by atoms with E-state index in [9.17, 15) is 20.3 Å². The summed E-state index contributed by atoms with van der Waals surface area (Å²) in [5, 5.41) is 29.5. The zero-order chi connectivity index (χ0) is 12.3. The third kappa shape index (κ3) is 2.68. The third-order valence-corrected chi connectivity index (χ3v) is 2.14. The van der Waals surface area contributed by atoms with Gasteiger partial charge in [-0.1, -0.05) is 6.07 Å². The van der Waals surface area contributed by atoms with Gasteiger partial charge < -0.3 is 15.1 Å². The first-order chi connectivity index (χ1) is 7.43. The van der Waals surface area contributed by atoms with Crippen LogP contribution in [0.2, 0.25) is 0 Å². The van der Waals surface area contributed by atoms with Gasteiger partial charge in [0.2, 0.25) is 0 Å². The summed E-state index contributed by atoms with van der Waals surface area (Å²) >= 11 is 0. The van der Waals surface area contributed by atoms with Crippen LogP contribution in [0.3, 0.4) is 0 Å². The first-order valence-electron chi connectivity index (χ1n) is 4.82. The molecule has 0 amide bonds. The Bertz CT molecular complexity index is 371. The molecule has 0 fully saturated rings. The molecule has 0 saturated carbocycles. The molecule has 0 aliphatic carbocycles. The van der Waals surface area contributed by atoms with E-state index in [-0.39, 0.29) is 5.69 Å². The van der Waals surface area contributed by atoms with E-state index < -0.39 is 17.4 Å². The molecule has 0 saturated heterocycles. The Balaban J connectivity index is 3.10. The summed E-state index contributed by atoms with van der Waals surface area (Å²) in [4.78, 5) is 11.3. The average Bonchev–Trinajstić information content (AvgIpc) is 2.16. The van der Waals surface area contributed by atoms with Crippen molar-refractivity contribution in [3.63, 3.8) is 0 Å². The lowest BCUT2D eigenvalue weighted by atomic mass is 10.2. The van der Waals surface area contributed by atoms with E-state index in [1.807, 2.05) is 0 Å². The van der Waals surface area contributed by atoms with Crippen molar-refractivity contribution in [1.82, 2.24) is 0 Å². The third-order valence-electron chi connectivity index (χ3n) is 2.14. The fraction of sp³-hybridized carbons (Fsp3) is 0.400. The molecule has 0 aliphatic rings. The number of rotatable bonds is 4. The summed E-state index contributed by atoms with van der Waals surface area (Å²) in [7, 11) is 0. The van der Waals surface area contributed by atoms with Gasteiger partial charge in [-0.2, -0.15) is 0 Å². The largest absolute Gasteiger partial charge is 0.374 e. The minimum atomic E-state index is -0.929. The van der Waals surface area contributed by atoms with Crippen molar-refractivity contribution in [3.8, 4) is 0 Å². The van der Waals surface area contributed by atoms with Crippen LogP contribution in [0.15, 0.2) is 24.3 Å². The van der Waals surface area contributed by atoms with Crippen LogP contribution >= 0.6 is 0 Å². The van der Waals surface area contributed by atoms with Crippen molar-refractivity contribution in [2.45, 2.75) is 26.3 Å². The molecule has 0 spiro atoms. The Morgan fingerprint density at radius 3 is 2.31 bits per heavy atom. The molecule has 0 radical (unpaired) electrons. The van der Waals surface area contributed by atoms with Crippen LogP contribution in [-0.2, 0) is 0 Å². The van der Waals surface area contributed by atoms with E-state index in [4.69, 9.17) is 0 Å². The van der Waals surface area contributed by atoms with Crippen LogP contribution in [0.25, 0.3) is 0 Å². The minimum Gasteiger partial charge on any atom is -0.374 e. The molecule has 1 rings (SSSR count). The van der Waals surface area contributed by atoms with Crippen molar-refractivity contribution in [2.75, 3.05) is 4.90 Å². The molecule has 6 heteroatoms. The van der Waals surface area contributed by atoms with Crippen LogP contribution in [0.5, 0.6) is 0 Å². The zero-order valence-corrected chi connectivity index (χ0v) is 9.07. The first kappa shape index (κ1) is 12.4. The summed E-state index contributed by atoms with van der Waals surface area (Å²) in [5.74, 6) is 0. The van der Waals surface area contributed by atoms with Gasteiger partial charge in [-0.3, -0.25) is 10.1 Å². The normalized spacial score (nSPS) is 14.2. The van der Waals surface area contributed by atoms with Gasteiger partial charge in [0.05, 0.1) is 4.92 Å². The predicted molar refractivity (Wildman–Crippen MR) is 58.9 cm³/mol. The maximum atomic E-state index is 10.6. The number of non-ortho nitro benzene ring substituents is 1. The molecule has 88 valence electrons. The summed E-state index contributed by atoms with van der Waals surface area (Å²) in [6.07, 6.45) is -1.86. The molecule has 0 aliphatic heterocycles. The Kier molecular flexibility index (Phi) is 3.81. The molecule has 6 nitrogen and oxygen atoms in total. The molecular formula is C10H14N2O4. The molecule has 2 atom stereocenters. The van der Waals surface area contributed by atoms with E-state index in [2.05, 4.69) is 0 Å². The molecule has 1 aromatic carbocycles. The highest BCUT2D eigenvalue weighted by Gasteiger charge is 2.18. The van der Waals surface area contributed by atoms with Crippen LogP contribution in [0.1, 0.15) is 13.8 Å². The zero-order valence-electron chi connectivity index (χ0n) is 9.07. The number of hydrogen-bond acceptors (Lipinski definition) is 5. The van der Waals surface area contributed by atoms with Crippen molar-refractivity contribution in [1.29, 1.82) is 0 Å². The second kappa shape index (κ2) is 4.91. The van der Waals surface area contributed by atoms with Gasteiger partial charge in [0.1, 0.15) is 12.5 Å². The Morgan fingerprint density at radius 2 is 1.88 bits per heavy atom. The summed E-state index contributed by atoms with van der Waals surface area (Å²) < 4.78 is 0. The number of nitro groups is 1. The standard InChI is InChI=1S/C10H14N2O4/c1-7(13)11(8(2)14)9-4-3-5-10(6-9)12(15)16/h3-8,13-14H,1-2H3. The number of aliphatic hydroxyl groups excluding tert-OH is 2. The SMILES string of the molecule is CC(O)N(c1cccc([N+](=O)[O-])c1)C(C)O. The molecule has 0 heterocycles. The number of nitro benzene ring substituents is 1. The Morgan fingerprint density at radius 1 is 1.31 bits per heavy atom. The van der Waals surface area contributed by atoms with Gasteiger partial charge >= 0.3 is 0 Å². The number of hydrogen-bond donors (Lipinski definition) is 2. The lowest BCUT2D eigenvalue weighted by molar-refractivity contribution is -0.384.